The summed E-state index contributed by atoms with van der Waals surface area (Å²) in [4.78, 5) is 88.1. The Balaban J connectivity index is 0.000000132. The number of aliphatic hydroxyl groups is 1. The minimum atomic E-state index is -1.44. The number of nitrogens with zero attached hydrogens (tertiary/aromatic N) is 7. The summed E-state index contributed by atoms with van der Waals surface area (Å²) in [5.41, 5.74) is 19.0. The summed E-state index contributed by atoms with van der Waals surface area (Å²) in [6.45, 7) is 18.0. The molecule has 0 spiro atoms. The Morgan fingerprint density at radius 2 is 1.04 bits per heavy atom. The fraction of sp³-hybridized carbons (Fsp3) is 0.262. The number of amides is 1. The zero-order valence-corrected chi connectivity index (χ0v) is 64.0. The van der Waals surface area contributed by atoms with Crippen LogP contribution in [-0.4, -0.2) is 153 Å². The second-order valence-electron chi connectivity index (χ2n) is 27.5. The number of ketones is 3. The van der Waals surface area contributed by atoms with Crippen molar-refractivity contribution in [2.75, 3.05) is 45.2 Å². The maximum atomic E-state index is 13.0. The Morgan fingerprint density at radius 3 is 1.60 bits per heavy atom. The van der Waals surface area contributed by atoms with Crippen LogP contribution in [0.15, 0.2) is 150 Å². The number of aromatic hydroxyl groups is 2. The zero-order valence-electron chi connectivity index (χ0n) is 62.8. The van der Waals surface area contributed by atoms with Gasteiger partial charge >= 0.3 is 28.5 Å². The number of phenolic OH excluding ortho intramolecular Hbond substituents is 2. The molecule has 18 rings (SSSR count). The first-order valence-corrected chi connectivity index (χ1v) is 37.2. The molecule has 0 saturated carbocycles. The van der Waals surface area contributed by atoms with Crippen LogP contribution in [-0.2, 0) is 58.3 Å². The van der Waals surface area contributed by atoms with Crippen LogP contribution in [0, 0.1) is 41.5 Å². The van der Waals surface area contributed by atoms with Gasteiger partial charge in [0.15, 0.2) is 30.6 Å². The van der Waals surface area contributed by atoms with Crippen molar-refractivity contribution < 1.29 is 85.6 Å². The first-order valence-electron chi connectivity index (χ1n) is 36.2. The van der Waals surface area contributed by atoms with Gasteiger partial charge in [-0.3, -0.25) is 64.0 Å². The number of aldehydes is 2. The van der Waals surface area contributed by atoms with Crippen molar-refractivity contribution in [1.29, 1.82) is 0 Å². The quantitative estimate of drug-likeness (QED) is 0.0219. The molecule has 0 bridgehead atoms. The number of Topliss-reactive ketones (excluding diaryl/α,β-unsaturated/α-hetero) is 3. The fourth-order valence-electron chi connectivity index (χ4n) is 13.5. The molecular formula is C84H84MnN12O15. The molecule has 0 atom stereocenters. The number of allylic oxidation sites excluding steroid dienone is 2. The van der Waals surface area contributed by atoms with Crippen molar-refractivity contribution in [1.82, 2.24) is 50.6 Å². The number of rotatable bonds is 9. The number of hydrogen-bond acceptors (Lipinski definition) is 22. The SMILES string of the molecule is COC(=O)c1n[nH]c2ccc(C)cc12.Cc1ccc2c(c1)C(/C=C1\Oc3c(ccc(O)c3CN3CCCCC3)C1=O)=NC2.Cc1ccc2c(c1)C(=O)C(=O)N2.Cc1ccc2n[nH]c(C=O)c2c1.Cc1ccc2n[nH]c(C=O)c2c1.Cc1ccc2n[nH]c(CO)c2c1.O=C1COc2c1ccc(O)c2CN1CCCCC1.[O]=[Mn]=[O]. The Bertz CT molecular complexity index is 5570. The number of hydrogen-bond donors (Lipinski definition) is 8. The first kappa shape index (κ1) is 80.6. The number of aromatic amines is 4. The number of aliphatic hydroxyl groups excluding tert-OH is 1. The van der Waals surface area contributed by atoms with Crippen LogP contribution in [0.25, 0.3) is 43.6 Å². The van der Waals surface area contributed by atoms with Crippen LogP contribution in [0.1, 0.15) is 162 Å². The molecule has 0 aliphatic carbocycles. The van der Waals surface area contributed by atoms with E-state index in [1.54, 1.807) is 42.5 Å². The van der Waals surface area contributed by atoms with E-state index in [1.807, 2.05) is 120 Å². The number of aromatic nitrogens is 8. The van der Waals surface area contributed by atoms with Crippen LogP contribution >= 0.6 is 0 Å². The summed E-state index contributed by atoms with van der Waals surface area (Å²) in [7, 11) is 1.35. The molecule has 6 aliphatic rings. The molecule has 8 aromatic carbocycles. The predicted octanol–water partition coefficient (Wildman–Crippen LogP) is 13.4. The van der Waals surface area contributed by atoms with E-state index in [4.69, 9.17) is 22.2 Å². The number of aryl methyl sites for hydroxylation is 6. The fourth-order valence-corrected chi connectivity index (χ4v) is 13.5. The molecule has 0 unspecified atom stereocenters. The zero-order chi connectivity index (χ0) is 79.7. The Kier molecular flexibility index (Phi) is 26.8. The van der Waals surface area contributed by atoms with Crippen molar-refractivity contribution in [2.45, 2.75) is 106 Å². The van der Waals surface area contributed by atoms with E-state index < -0.39 is 32.5 Å². The number of esters is 1. The average molecular weight is 1560 g/mol. The van der Waals surface area contributed by atoms with Gasteiger partial charge in [-0.15, -0.1) is 0 Å². The third kappa shape index (κ3) is 19.2. The van der Waals surface area contributed by atoms with Gasteiger partial charge in [0, 0.05) is 46.3 Å². The van der Waals surface area contributed by atoms with Gasteiger partial charge in [-0.2, -0.15) is 20.4 Å². The van der Waals surface area contributed by atoms with Crippen molar-refractivity contribution >= 4 is 96.8 Å². The Hall–Kier alpha value is -12.5. The van der Waals surface area contributed by atoms with Gasteiger partial charge < -0.3 is 34.8 Å². The second-order valence-corrected chi connectivity index (χ2v) is 27.7. The van der Waals surface area contributed by atoms with Crippen molar-refractivity contribution in [3.63, 3.8) is 0 Å². The number of carbonyl (C=O) groups excluding carboxylic acids is 7. The number of anilines is 1. The molecule has 577 valence electrons. The molecule has 0 radical (unpaired) electrons. The minimum absolute atomic E-state index is 0.00453. The van der Waals surface area contributed by atoms with E-state index in [9.17, 15) is 43.8 Å². The number of nitrogens with one attached hydrogen (secondary N) is 5. The van der Waals surface area contributed by atoms with Crippen LogP contribution in [0.3, 0.4) is 0 Å². The molecule has 10 heterocycles. The van der Waals surface area contributed by atoms with Crippen molar-refractivity contribution in [3.05, 3.63) is 240 Å². The summed E-state index contributed by atoms with van der Waals surface area (Å²) in [5.74, 6) is 0.246. The molecule has 4 aromatic heterocycles. The van der Waals surface area contributed by atoms with Crippen LogP contribution in [0.5, 0.6) is 23.0 Å². The van der Waals surface area contributed by atoms with Crippen LogP contribution in [0.4, 0.5) is 5.69 Å². The van der Waals surface area contributed by atoms with Gasteiger partial charge in [-0.05, 0) is 190 Å². The molecular weight excluding hydrogens is 1470 g/mol. The van der Waals surface area contributed by atoms with Gasteiger partial charge in [0.1, 0.15) is 34.4 Å². The molecule has 2 saturated heterocycles. The number of methoxy groups -OCH3 is 1. The number of piperidine rings is 2. The van der Waals surface area contributed by atoms with E-state index in [0.717, 1.165) is 138 Å². The molecule has 8 N–H and O–H groups in total. The maximum absolute atomic E-state index is 13.0. The third-order valence-corrected chi connectivity index (χ3v) is 19.3. The summed E-state index contributed by atoms with van der Waals surface area (Å²) >= 11 is -1.44. The number of aliphatic imine (C=N–C) groups is 1. The topological polar surface area (TPSA) is 388 Å². The number of H-pyrrole nitrogens is 4. The summed E-state index contributed by atoms with van der Waals surface area (Å²) in [6, 6.07) is 41.4. The van der Waals surface area contributed by atoms with E-state index in [0.29, 0.717) is 76.2 Å². The van der Waals surface area contributed by atoms with Crippen LogP contribution in [0.2, 0.25) is 0 Å². The summed E-state index contributed by atoms with van der Waals surface area (Å²) in [6.07, 6.45) is 10.6. The molecule has 28 heteroatoms. The number of ether oxygens (including phenoxy) is 3. The van der Waals surface area contributed by atoms with E-state index in [2.05, 4.69) is 83.8 Å². The molecule has 112 heavy (non-hydrogen) atoms. The van der Waals surface area contributed by atoms with Gasteiger partial charge in [-0.25, -0.2) is 4.79 Å². The average Bonchev–Trinajstić information content (AvgIpc) is 1.61. The van der Waals surface area contributed by atoms with Gasteiger partial charge in [0.25, 0.3) is 11.7 Å². The normalized spacial score (nSPS) is 14.6. The Labute approximate surface area is 649 Å². The first-order chi connectivity index (χ1) is 54.1. The second kappa shape index (κ2) is 37.3. The summed E-state index contributed by atoms with van der Waals surface area (Å²) < 4.78 is 32.9. The van der Waals surface area contributed by atoms with E-state index in [1.165, 1.54) is 51.2 Å². The van der Waals surface area contributed by atoms with Crippen molar-refractivity contribution in [3.8, 4) is 23.0 Å². The number of phenols is 2. The van der Waals surface area contributed by atoms with Crippen LogP contribution < -0.4 is 14.8 Å². The third-order valence-electron chi connectivity index (χ3n) is 19.3. The van der Waals surface area contributed by atoms with E-state index in [-0.39, 0.29) is 42.0 Å². The standard InChI is InChI=1S/C24H24N2O3.C14H17NO3.C10H10N2O2.C9H10N2O.2C9H8N2O.C9H7NO2.Mn.2O/c1-15-5-6-16-13-25-20(18(16)11-15)12-22-23(28)17-7-8-21(27)19(24(17)29-22)14-26-9-3-2-4-10-26;16-12-5-4-10-13(17)9-18-14(10)11(12)8-15-6-2-1-3-7-15;1-6-3-4-8-7(5-6)9(12-11-8)10(13)14-2;3*1-6-2-3-8-7(4-6)9(5-12)11-10-8;1-5-2-3-7-6(4-5)8(11)9(12)10-7;;;/h5-8,11-12,27H,2-4,9-10,13-14H2,1H3;4-5,16H,1-3,6-9H2;3-5H,1-2H3,(H,11,12);2-4,12H,5H2,1H3,(H,10,11);2*2-5H,1H3,(H,10,11);2-4H,1H3,(H,10,11,12);;;/b22-12-;;;;;;;;;. The number of likely N-dealkylation sites (tertiary alicyclic amines) is 2. The Morgan fingerprint density at radius 1 is 0.545 bits per heavy atom. The molecule has 12 aromatic rings. The number of carbonyl (C=O) groups is 7. The van der Waals surface area contributed by atoms with E-state index >= 15 is 0 Å². The molecule has 2 fully saturated rings. The van der Waals surface area contributed by atoms with Crippen molar-refractivity contribution in [2.24, 2.45) is 4.99 Å². The van der Waals surface area contributed by atoms with Gasteiger partial charge in [0.2, 0.25) is 11.6 Å². The number of benzene rings is 8. The van der Waals surface area contributed by atoms with Gasteiger partial charge in [-0.1, -0.05) is 88.7 Å². The summed E-state index contributed by atoms with van der Waals surface area (Å²) in [5, 5.41) is 62.3. The monoisotopic (exact) mass is 1560 g/mol. The predicted molar refractivity (Wildman–Crippen MR) is 416 cm³/mol. The number of fused-ring (bicyclic) bond motifs is 8. The molecule has 6 aliphatic heterocycles. The molecule has 1 amide bonds. The molecule has 27 nitrogen and oxygen atoms in total. The van der Waals surface area contributed by atoms with Gasteiger partial charge in [0.05, 0.1) is 87.2 Å².